The molecule has 3 rings (SSSR count). The summed E-state index contributed by atoms with van der Waals surface area (Å²) in [5.74, 6) is 0.495. The molecule has 0 aromatic heterocycles. The summed E-state index contributed by atoms with van der Waals surface area (Å²) in [7, 11) is 1.49. The molecule has 0 spiro atoms. The van der Waals surface area contributed by atoms with Crippen LogP contribution >= 0.6 is 27.7 Å². The number of ether oxygens (including phenoxy) is 2. The summed E-state index contributed by atoms with van der Waals surface area (Å²) in [6.45, 7) is 3.89. The number of thioether (sulfide) groups is 1. The lowest BCUT2D eigenvalue weighted by atomic mass is 10.1. The van der Waals surface area contributed by atoms with Crippen LogP contribution in [0.3, 0.4) is 0 Å². The predicted molar refractivity (Wildman–Crippen MR) is 121 cm³/mol. The molecule has 2 aromatic rings. The van der Waals surface area contributed by atoms with E-state index in [2.05, 4.69) is 22.5 Å². The zero-order chi connectivity index (χ0) is 22.5. The van der Waals surface area contributed by atoms with Crippen molar-refractivity contribution in [1.29, 1.82) is 0 Å². The van der Waals surface area contributed by atoms with Crippen LogP contribution in [0, 0.1) is 10.1 Å². The van der Waals surface area contributed by atoms with Gasteiger partial charge in [0.25, 0.3) is 16.8 Å². The lowest BCUT2D eigenvalue weighted by Crippen LogP contribution is -2.27. The first-order chi connectivity index (χ1) is 14.8. The molecule has 0 atom stereocenters. The number of nitro benzene ring substituents is 1. The normalized spacial score (nSPS) is 14.8. The van der Waals surface area contributed by atoms with Crippen molar-refractivity contribution in [3.8, 4) is 11.5 Å². The highest BCUT2D eigenvalue weighted by atomic mass is 79.9. The van der Waals surface area contributed by atoms with E-state index < -0.39 is 4.92 Å². The number of hydrogen-bond acceptors (Lipinski definition) is 7. The number of non-ortho nitro benzene ring substituents is 1. The minimum absolute atomic E-state index is 0.00404. The summed E-state index contributed by atoms with van der Waals surface area (Å²) in [5.41, 5.74) is 1.40. The number of carbonyl (C=O) groups is 2. The Hall–Kier alpha value is -3.11. The summed E-state index contributed by atoms with van der Waals surface area (Å²) in [5, 5.41) is 10.4. The van der Waals surface area contributed by atoms with Gasteiger partial charge in [-0.25, -0.2) is 0 Å². The maximum atomic E-state index is 12.4. The quantitative estimate of drug-likeness (QED) is 0.211. The molecule has 0 bridgehead atoms. The van der Waals surface area contributed by atoms with E-state index in [9.17, 15) is 19.7 Å². The zero-order valence-electron chi connectivity index (χ0n) is 16.4. The van der Waals surface area contributed by atoms with Crippen molar-refractivity contribution in [1.82, 2.24) is 4.90 Å². The van der Waals surface area contributed by atoms with Crippen molar-refractivity contribution in [2.24, 2.45) is 0 Å². The minimum Gasteiger partial charge on any atom is -0.493 e. The van der Waals surface area contributed by atoms with Crippen LogP contribution in [0.25, 0.3) is 6.08 Å². The van der Waals surface area contributed by atoms with Gasteiger partial charge < -0.3 is 9.47 Å². The van der Waals surface area contributed by atoms with Crippen molar-refractivity contribution < 1.29 is 24.0 Å². The lowest BCUT2D eigenvalue weighted by Gasteiger charge is -2.14. The molecule has 0 unspecified atom stereocenters. The molecule has 0 N–H and O–H groups in total. The Balaban J connectivity index is 1.80. The molecule has 1 aliphatic heterocycles. The van der Waals surface area contributed by atoms with Gasteiger partial charge in [-0.2, -0.15) is 0 Å². The molecule has 2 amide bonds. The summed E-state index contributed by atoms with van der Waals surface area (Å²) in [4.78, 5) is 36.1. The number of halogens is 1. The lowest BCUT2D eigenvalue weighted by molar-refractivity contribution is -0.384. The van der Waals surface area contributed by atoms with Gasteiger partial charge >= 0.3 is 0 Å². The Morgan fingerprint density at radius 1 is 1.26 bits per heavy atom. The fraction of sp³-hybridized carbons (Fsp3) is 0.143. The van der Waals surface area contributed by atoms with Crippen LogP contribution in [0.5, 0.6) is 11.5 Å². The van der Waals surface area contributed by atoms with Gasteiger partial charge in [0.1, 0.15) is 6.61 Å². The summed E-state index contributed by atoms with van der Waals surface area (Å²) in [6.07, 6.45) is 3.11. The van der Waals surface area contributed by atoms with E-state index in [-0.39, 0.29) is 30.0 Å². The molecule has 1 fully saturated rings. The SMILES string of the molecule is C=CCN1C(=O)S/C(=C/c2cc(Br)c(OCc3ccc([N+](=O)[O-])cc3)c(OC)c2)C1=O. The van der Waals surface area contributed by atoms with E-state index >= 15 is 0 Å². The highest BCUT2D eigenvalue weighted by Gasteiger charge is 2.34. The first-order valence-corrected chi connectivity index (χ1v) is 10.5. The molecular formula is C21H17BrN2O6S. The highest BCUT2D eigenvalue weighted by Crippen LogP contribution is 2.39. The van der Waals surface area contributed by atoms with Gasteiger partial charge in [-0.3, -0.25) is 24.6 Å². The Bertz CT molecular complexity index is 1080. The van der Waals surface area contributed by atoms with Crippen LogP contribution in [-0.4, -0.2) is 34.6 Å². The maximum absolute atomic E-state index is 12.4. The molecule has 10 heteroatoms. The number of methoxy groups -OCH3 is 1. The summed E-state index contributed by atoms with van der Waals surface area (Å²) < 4.78 is 11.9. The van der Waals surface area contributed by atoms with E-state index in [0.717, 1.165) is 22.2 Å². The number of rotatable bonds is 8. The molecule has 160 valence electrons. The van der Waals surface area contributed by atoms with Gasteiger partial charge in [0, 0.05) is 18.7 Å². The predicted octanol–water partition coefficient (Wildman–Crippen LogP) is 5.17. The first kappa shape index (κ1) is 22.6. The van der Waals surface area contributed by atoms with Gasteiger partial charge in [0.15, 0.2) is 11.5 Å². The number of amides is 2. The van der Waals surface area contributed by atoms with Crippen LogP contribution in [-0.2, 0) is 11.4 Å². The van der Waals surface area contributed by atoms with Crippen LogP contribution in [0.15, 0.2) is 58.4 Å². The molecule has 1 aliphatic rings. The number of hydrogen-bond donors (Lipinski definition) is 0. The fourth-order valence-electron chi connectivity index (χ4n) is 2.77. The standard InChI is InChI=1S/C21H17BrN2O6S/c1-3-8-23-20(25)18(31-21(23)26)11-14-9-16(22)19(17(10-14)29-2)30-12-13-4-6-15(7-5-13)24(27)28/h3-7,9-11H,1,8,12H2,2H3/b18-11+. The average Bonchev–Trinajstić information content (AvgIpc) is 3.00. The number of imide groups is 1. The summed E-state index contributed by atoms with van der Waals surface area (Å²) >= 11 is 4.32. The Labute approximate surface area is 190 Å². The van der Waals surface area contributed by atoms with Crippen LogP contribution in [0.2, 0.25) is 0 Å². The van der Waals surface area contributed by atoms with Crippen molar-refractivity contribution >= 4 is 50.6 Å². The first-order valence-electron chi connectivity index (χ1n) is 8.94. The Morgan fingerprint density at radius 3 is 2.58 bits per heavy atom. The number of nitro groups is 1. The highest BCUT2D eigenvalue weighted by molar-refractivity contribution is 9.10. The monoisotopic (exact) mass is 504 g/mol. The van der Waals surface area contributed by atoms with Gasteiger partial charge in [0.05, 0.1) is 21.4 Å². The van der Waals surface area contributed by atoms with E-state index in [1.54, 1.807) is 30.3 Å². The molecule has 0 radical (unpaired) electrons. The van der Waals surface area contributed by atoms with E-state index in [1.807, 2.05) is 0 Å². The van der Waals surface area contributed by atoms with Crippen LogP contribution < -0.4 is 9.47 Å². The molecule has 31 heavy (non-hydrogen) atoms. The van der Waals surface area contributed by atoms with Gasteiger partial charge in [-0.15, -0.1) is 6.58 Å². The van der Waals surface area contributed by atoms with E-state index in [4.69, 9.17) is 9.47 Å². The third-order valence-corrected chi connectivity index (χ3v) is 5.76. The third kappa shape index (κ3) is 5.15. The minimum atomic E-state index is -0.463. The Kier molecular flexibility index (Phi) is 7.13. The Morgan fingerprint density at radius 2 is 1.97 bits per heavy atom. The average molecular weight is 505 g/mol. The van der Waals surface area contributed by atoms with Gasteiger partial charge in [-0.05, 0) is 69.2 Å². The molecule has 1 saturated heterocycles. The van der Waals surface area contributed by atoms with Gasteiger partial charge in [0.2, 0.25) is 0 Å². The largest absolute Gasteiger partial charge is 0.493 e. The maximum Gasteiger partial charge on any atom is 0.293 e. The second-order valence-corrected chi connectivity index (χ2v) is 8.17. The van der Waals surface area contributed by atoms with Crippen molar-refractivity contribution in [2.75, 3.05) is 13.7 Å². The number of nitrogens with zero attached hydrogens (tertiary/aromatic N) is 2. The molecule has 0 aliphatic carbocycles. The molecule has 1 heterocycles. The second kappa shape index (κ2) is 9.80. The van der Waals surface area contributed by atoms with Crippen molar-refractivity contribution in [2.45, 2.75) is 6.61 Å². The van der Waals surface area contributed by atoms with Crippen LogP contribution in [0.1, 0.15) is 11.1 Å². The van der Waals surface area contributed by atoms with Crippen molar-refractivity contribution in [3.63, 3.8) is 0 Å². The number of carbonyl (C=O) groups excluding carboxylic acids is 2. The molecule has 8 nitrogen and oxygen atoms in total. The smallest absolute Gasteiger partial charge is 0.293 e. The van der Waals surface area contributed by atoms with E-state index in [1.165, 1.54) is 25.3 Å². The molecule has 2 aromatic carbocycles. The van der Waals surface area contributed by atoms with Gasteiger partial charge in [-0.1, -0.05) is 6.08 Å². The summed E-state index contributed by atoms with van der Waals surface area (Å²) in [6, 6.07) is 9.49. The second-order valence-electron chi connectivity index (χ2n) is 6.33. The van der Waals surface area contributed by atoms with Crippen molar-refractivity contribution in [3.05, 3.63) is 79.7 Å². The topological polar surface area (TPSA) is 99.0 Å². The fourth-order valence-corrected chi connectivity index (χ4v) is 4.19. The molecule has 0 saturated carbocycles. The zero-order valence-corrected chi connectivity index (χ0v) is 18.8. The number of benzene rings is 2. The third-order valence-electron chi connectivity index (χ3n) is 4.27. The molecular weight excluding hydrogens is 488 g/mol. The van der Waals surface area contributed by atoms with E-state index in [0.29, 0.717) is 26.4 Å². The van der Waals surface area contributed by atoms with Crippen LogP contribution in [0.4, 0.5) is 10.5 Å².